The number of allylic oxidation sites excluding steroid dienone is 4. The maximum atomic E-state index is 12.8. The Hall–Kier alpha value is -4.16. The molecule has 4 nitrogen and oxygen atoms in total. The maximum Gasteiger partial charge on any atom is 0.215 e. The molecule has 103 heavy (non-hydrogen) atoms. The van der Waals surface area contributed by atoms with E-state index in [1.165, 1.54) is 368 Å². The first-order valence-corrected chi connectivity index (χ1v) is 44.1. The van der Waals surface area contributed by atoms with Gasteiger partial charge in [0.2, 0.25) is 11.4 Å². The summed E-state index contributed by atoms with van der Waals surface area (Å²) in [6.45, 7) is 9.52. The van der Waals surface area contributed by atoms with E-state index in [2.05, 4.69) is 100 Å². The molecule has 1 heterocycles. The number of nitrogens with zero attached hydrogens (tertiary/aromatic N) is 2. The minimum Gasteiger partial charge on any atom is -0.493 e. The summed E-state index contributed by atoms with van der Waals surface area (Å²) in [4.78, 5) is 0. The summed E-state index contributed by atoms with van der Waals surface area (Å²) in [5, 5.41) is 17.1. The number of benzene rings is 4. The zero-order chi connectivity index (χ0) is 72.7. The molecule has 1 aliphatic heterocycles. The number of rotatable bonds is 64. The summed E-state index contributed by atoms with van der Waals surface area (Å²) in [6.07, 6.45) is 85.8. The fourth-order valence-corrected chi connectivity index (χ4v) is 14.7. The molecule has 5 rings (SSSR count). The summed E-state index contributed by atoms with van der Waals surface area (Å²) in [5.74, 6) is 7.18. The van der Waals surface area contributed by atoms with Crippen LogP contribution in [0, 0.1) is 11.8 Å². The van der Waals surface area contributed by atoms with Gasteiger partial charge in [-0.3, -0.25) is 0 Å². The van der Waals surface area contributed by atoms with E-state index < -0.39 is 0 Å². The SMILES string of the molecule is CCCCCCCCCCCCCCCCCCCC=CC1=C(c2cccc(CCCCCC)c2)[N+](=[N-])C(c2ccccc2CCC#CCCCCCCCCCCCCCCCCCCCCCCCCC)=C1CCCCCCCCCCCC.OCc1ccccc1.OCc1ccccc1.[Pd]. The van der Waals surface area contributed by atoms with Gasteiger partial charge in [-0.2, -0.15) is 0 Å². The van der Waals surface area contributed by atoms with E-state index in [4.69, 9.17) is 10.2 Å². The second kappa shape index (κ2) is 72.1. The van der Waals surface area contributed by atoms with E-state index in [1.54, 1.807) is 4.70 Å². The van der Waals surface area contributed by atoms with Crippen molar-refractivity contribution in [1.82, 2.24) is 0 Å². The predicted octanol–water partition coefficient (Wildman–Crippen LogP) is 31.6. The molecule has 4 aromatic carbocycles. The molecule has 0 bridgehead atoms. The van der Waals surface area contributed by atoms with Gasteiger partial charge in [-0.25, -0.2) is 4.70 Å². The van der Waals surface area contributed by atoms with Crippen molar-refractivity contribution in [1.29, 1.82) is 0 Å². The molecule has 582 valence electrons. The molecular formula is C98H158N2O2Pd. The van der Waals surface area contributed by atoms with Crippen molar-refractivity contribution in [3.63, 3.8) is 0 Å². The number of unbranched alkanes of at least 4 members (excludes halogenated alkanes) is 52. The topological polar surface area (TPSA) is 65.8 Å². The molecule has 0 fully saturated rings. The van der Waals surface area contributed by atoms with E-state index >= 15 is 0 Å². The Morgan fingerprint density at radius 3 is 1.05 bits per heavy atom. The summed E-state index contributed by atoms with van der Waals surface area (Å²) >= 11 is 0. The zero-order valence-corrected chi connectivity index (χ0v) is 69.0. The Labute approximate surface area is 651 Å². The van der Waals surface area contributed by atoms with Crippen molar-refractivity contribution in [2.24, 2.45) is 0 Å². The van der Waals surface area contributed by atoms with Gasteiger partial charge in [-0.05, 0) is 91.8 Å². The quantitative estimate of drug-likeness (QED) is 0.0200. The third kappa shape index (κ3) is 50.9. The summed E-state index contributed by atoms with van der Waals surface area (Å²) in [6, 6.07) is 37.2. The van der Waals surface area contributed by atoms with E-state index in [1.807, 2.05) is 60.7 Å². The van der Waals surface area contributed by atoms with Crippen molar-refractivity contribution >= 4 is 11.4 Å². The number of aliphatic hydroxyl groups excluding tert-OH is 2. The summed E-state index contributed by atoms with van der Waals surface area (Å²) in [7, 11) is 0. The third-order valence-corrected chi connectivity index (χ3v) is 21.2. The van der Waals surface area contributed by atoms with Crippen molar-refractivity contribution < 1.29 is 35.3 Å². The second-order valence-electron chi connectivity index (χ2n) is 30.5. The first-order chi connectivity index (χ1) is 50.5. The summed E-state index contributed by atoms with van der Waals surface area (Å²) in [5.41, 5.74) is 24.3. The molecule has 0 aromatic heterocycles. The average Bonchev–Trinajstić information content (AvgIpc) is 1.61. The fourth-order valence-electron chi connectivity index (χ4n) is 14.7. The van der Waals surface area contributed by atoms with Gasteiger partial charge in [0.1, 0.15) is 0 Å². The van der Waals surface area contributed by atoms with Crippen LogP contribution >= 0.6 is 0 Å². The summed E-state index contributed by atoms with van der Waals surface area (Å²) < 4.78 is 1.63. The van der Waals surface area contributed by atoms with Crippen LogP contribution < -0.4 is 0 Å². The standard InChI is InChI=1S/C84H142N2.2C7H8O.Pd/c1-5-9-13-17-20-23-26-28-30-32-34-35-36-37-38-39-40-41-43-44-46-48-50-52-55-58-62-70-78-71-65-66-73-80(78)84-82(75-64-60-57-53-25-22-19-15-11-7-3)81(83(86(84)85)79-72-67-69-77(76-79)68-61-16-12-8-4)74-63-59-56-54-51-49-47-45-42-33-31-29-27-24-21-18-14-10-6-2;2*8-6-7-4-2-1-3-5-7;/h63,65-67,69,71-74,76H,5-54,56-57,59-62,64,68,70,75H2,1-4H3;2*1-5,8H,6H2;. The van der Waals surface area contributed by atoms with E-state index in [0.29, 0.717) is 0 Å². The van der Waals surface area contributed by atoms with Gasteiger partial charge >= 0.3 is 0 Å². The van der Waals surface area contributed by atoms with Crippen molar-refractivity contribution in [2.45, 2.75) is 426 Å². The number of aliphatic hydroxyl groups is 2. The smallest absolute Gasteiger partial charge is 0.215 e. The third-order valence-electron chi connectivity index (χ3n) is 21.2. The second-order valence-corrected chi connectivity index (χ2v) is 30.5. The van der Waals surface area contributed by atoms with Gasteiger partial charge in [0.05, 0.1) is 18.8 Å². The Bertz CT molecular complexity index is 2660. The molecule has 4 aromatic rings. The maximum absolute atomic E-state index is 12.8. The molecular weight excluding hydrogens is 1340 g/mol. The Balaban J connectivity index is 0.00000185. The number of aryl methyl sites for hydroxylation is 2. The van der Waals surface area contributed by atoms with Gasteiger partial charge < -0.3 is 15.7 Å². The first kappa shape index (κ1) is 94.9. The van der Waals surface area contributed by atoms with Gasteiger partial charge in [0, 0.05) is 50.0 Å². The molecule has 0 saturated heterocycles. The molecule has 0 atom stereocenters. The van der Waals surface area contributed by atoms with E-state index in [0.717, 1.165) is 73.0 Å². The van der Waals surface area contributed by atoms with Crippen LogP contribution in [0.25, 0.3) is 16.9 Å². The number of hydrogen-bond acceptors (Lipinski definition) is 2. The Kier molecular flexibility index (Phi) is 66.4. The van der Waals surface area contributed by atoms with Gasteiger partial charge in [0.15, 0.2) is 0 Å². The van der Waals surface area contributed by atoms with Crippen LogP contribution in [0.15, 0.2) is 132 Å². The molecule has 1 aliphatic rings. The van der Waals surface area contributed by atoms with Gasteiger partial charge in [0.25, 0.3) is 0 Å². The van der Waals surface area contributed by atoms with E-state index in [-0.39, 0.29) is 33.6 Å². The molecule has 0 aliphatic carbocycles. The monoisotopic (exact) mass is 1500 g/mol. The Morgan fingerprint density at radius 1 is 0.320 bits per heavy atom. The van der Waals surface area contributed by atoms with Crippen LogP contribution in [0.4, 0.5) is 0 Å². The molecule has 0 saturated carbocycles. The van der Waals surface area contributed by atoms with Crippen LogP contribution in [0.2, 0.25) is 0 Å². The fraction of sp³-hybridized carbons (Fsp3) is 0.673. The zero-order valence-electron chi connectivity index (χ0n) is 67.5. The van der Waals surface area contributed by atoms with Crippen LogP contribution in [0.5, 0.6) is 0 Å². The van der Waals surface area contributed by atoms with Crippen molar-refractivity contribution in [2.75, 3.05) is 0 Å². The van der Waals surface area contributed by atoms with Crippen LogP contribution in [-0.4, -0.2) is 14.9 Å². The Morgan fingerprint density at radius 2 is 0.650 bits per heavy atom. The molecule has 0 unspecified atom stereocenters. The van der Waals surface area contributed by atoms with Gasteiger partial charge in [-0.1, -0.05) is 452 Å². The predicted molar refractivity (Wildman–Crippen MR) is 450 cm³/mol. The minimum atomic E-state index is 0. The van der Waals surface area contributed by atoms with Crippen molar-refractivity contribution in [3.8, 4) is 11.8 Å². The average molecular weight is 1500 g/mol. The largest absolute Gasteiger partial charge is 0.493 e. The minimum absolute atomic E-state index is 0. The molecule has 2 N–H and O–H groups in total. The van der Waals surface area contributed by atoms with Crippen LogP contribution in [0.1, 0.15) is 433 Å². The molecule has 5 heteroatoms. The first-order valence-electron chi connectivity index (χ1n) is 44.1. The number of hydrogen-bond donors (Lipinski definition) is 2. The van der Waals surface area contributed by atoms with Crippen LogP contribution in [0.3, 0.4) is 0 Å². The normalized spacial score (nSPS) is 12.0. The molecule has 0 amide bonds. The van der Waals surface area contributed by atoms with E-state index in [9.17, 15) is 5.53 Å². The van der Waals surface area contributed by atoms with Crippen molar-refractivity contribution in [3.05, 3.63) is 171 Å². The molecule has 0 spiro atoms. The van der Waals surface area contributed by atoms with Crippen LogP contribution in [-0.2, 0) is 46.5 Å². The molecule has 0 radical (unpaired) electrons. The van der Waals surface area contributed by atoms with Gasteiger partial charge in [-0.15, -0.1) is 11.8 Å².